The summed E-state index contributed by atoms with van der Waals surface area (Å²) in [5, 5.41) is 11.5. The van der Waals surface area contributed by atoms with Crippen LogP contribution in [0.5, 0.6) is 0 Å². The van der Waals surface area contributed by atoms with Crippen LogP contribution in [0.15, 0.2) is 51.6 Å². The summed E-state index contributed by atoms with van der Waals surface area (Å²) in [6.45, 7) is 2.92. The molecule has 1 fully saturated rings. The highest BCUT2D eigenvalue weighted by molar-refractivity contribution is 9.10. The Morgan fingerprint density at radius 1 is 1.36 bits per heavy atom. The van der Waals surface area contributed by atoms with Gasteiger partial charge in [-0.05, 0) is 36.2 Å². The summed E-state index contributed by atoms with van der Waals surface area (Å²) in [4.78, 5) is 23.6. The van der Waals surface area contributed by atoms with Crippen LogP contribution in [0.4, 0.5) is 0 Å². The number of nitro groups is 1. The van der Waals surface area contributed by atoms with Crippen LogP contribution in [0.25, 0.3) is 0 Å². The van der Waals surface area contributed by atoms with Gasteiger partial charge in [0.1, 0.15) is 5.76 Å². The van der Waals surface area contributed by atoms with Crippen LogP contribution < -0.4 is 0 Å². The molecule has 0 aliphatic heterocycles. The van der Waals surface area contributed by atoms with Crippen molar-refractivity contribution < 1.29 is 18.9 Å². The molecule has 0 radical (unpaired) electrons. The van der Waals surface area contributed by atoms with E-state index in [1.165, 1.54) is 13.8 Å². The average Bonchev–Trinajstić information content (AvgIpc) is 3.18. The number of ether oxygens (including phenoxy) is 1. The Bertz CT molecular complexity index is 769. The Morgan fingerprint density at radius 3 is 2.60 bits per heavy atom. The smallest absolute Gasteiger partial charge is 0.310 e. The van der Waals surface area contributed by atoms with Crippen LogP contribution in [0, 0.1) is 16.0 Å². The van der Waals surface area contributed by atoms with E-state index >= 15 is 0 Å². The van der Waals surface area contributed by atoms with Crippen molar-refractivity contribution in [1.82, 2.24) is 0 Å². The van der Waals surface area contributed by atoms with Crippen LogP contribution in [0.3, 0.4) is 0 Å². The highest BCUT2D eigenvalue weighted by Crippen LogP contribution is 2.49. The highest BCUT2D eigenvalue weighted by Gasteiger charge is 2.51. The third kappa shape index (κ3) is 3.61. The van der Waals surface area contributed by atoms with Crippen LogP contribution >= 0.6 is 15.9 Å². The molecule has 0 bridgehead atoms. The SMILES string of the molecule is CC(C)([C@H](OC(=O)[C@H]1C[C@@H]1c1ccco1)c1ccc(Br)cc1)[N+](=O)[O-]. The van der Waals surface area contributed by atoms with Gasteiger partial charge in [0.25, 0.3) is 5.54 Å². The van der Waals surface area contributed by atoms with Crippen molar-refractivity contribution in [3.63, 3.8) is 0 Å². The maximum Gasteiger partial charge on any atom is 0.310 e. The van der Waals surface area contributed by atoms with E-state index in [0.29, 0.717) is 12.0 Å². The van der Waals surface area contributed by atoms with Gasteiger partial charge in [-0.1, -0.05) is 28.1 Å². The number of halogens is 1. The molecule has 1 aliphatic carbocycles. The number of hydrogen-bond acceptors (Lipinski definition) is 5. The zero-order chi connectivity index (χ0) is 18.2. The normalized spacial score (nSPS) is 20.8. The molecule has 0 spiro atoms. The summed E-state index contributed by atoms with van der Waals surface area (Å²) < 4.78 is 11.8. The van der Waals surface area contributed by atoms with E-state index in [1.54, 1.807) is 36.6 Å². The van der Waals surface area contributed by atoms with Crippen molar-refractivity contribution in [2.24, 2.45) is 5.92 Å². The highest BCUT2D eigenvalue weighted by atomic mass is 79.9. The molecule has 1 saturated carbocycles. The van der Waals surface area contributed by atoms with Crippen molar-refractivity contribution in [2.75, 3.05) is 0 Å². The van der Waals surface area contributed by atoms with Crippen LogP contribution in [0.2, 0.25) is 0 Å². The van der Waals surface area contributed by atoms with Crippen molar-refractivity contribution >= 4 is 21.9 Å². The zero-order valence-corrected chi connectivity index (χ0v) is 15.4. The first-order valence-corrected chi connectivity index (χ1v) is 8.74. The summed E-state index contributed by atoms with van der Waals surface area (Å²) in [7, 11) is 0. The first kappa shape index (κ1) is 17.7. The standard InChI is InChI=1S/C18H18BrNO5/c1-18(2,20(22)23)16(11-5-7-12(19)8-6-11)25-17(21)14-10-13(14)15-4-3-9-24-15/h3-9,13-14,16H,10H2,1-2H3/t13-,14-,16+/m0/s1. The van der Waals surface area contributed by atoms with E-state index in [0.717, 1.165) is 10.2 Å². The Morgan fingerprint density at radius 2 is 2.04 bits per heavy atom. The first-order valence-electron chi connectivity index (χ1n) is 7.94. The third-order valence-electron chi connectivity index (χ3n) is 4.52. The van der Waals surface area contributed by atoms with Gasteiger partial charge in [0.15, 0.2) is 6.10 Å². The minimum Gasteiger partial charge on any atom is -0.469 e. The summed E-state index contributed by atoms with van der Waals surface area (Å²) in [5.41, 5.74) is -0.855. The van der Waals surface area contributed by atoms with E-state index in [-0.39, 0.29) is 11.8 Å². The monoisotopic (exact) mass is 407 g/mol. The van der Waals surface area contributed by atoms with Gasteiger partial charge in [0.2, 0.25) is 0 Å². The second kappa shape index (κ2) is 6.63. The van der Waals surface area contributed by atoms with Gasteiger partial charge in [-0.15, -0.1) is 0 Å². The molecule has 1 aliphatic rings. The molecule has 0 amide bonds. The van der Waals surface area contributed by atoms with Gasteiger partial charge in [-0.3, -0.25) is 14.9 Å². The molecule has 3 atom stereocenters. The Labute approximate surface area is 153 Å². The number of furan rings is 1. The van der Waals surface area contributed by atoms with Crippen LogP contribution in [0.1, 0.15) is 43.6 Å². The molecule has 2 aromatic rings. The molecule has 0 saturated heterocycles. The van der Waals surface area contributed by atoms with Gasteiger partial charge in [-0.25, -0.2) is 0 Å². The zero-order valence-electron chi connectivity index (χ0n) is 13.8. The summed E-state index contributed by atoms with van der Waals surface area (Å²) in [5.74, 6) is -0.00152. The number of rotatable bonds is 6. The number of carbonyl (C=O) groups is 1. The van der Waals surface area contributed by atoms with Crippen molar-refractivity contribution in [2.45, 2.75) is 37.8 Å². The maximum atomic E-state index is 12.5. The molecule has 7 heteroatoms. The average molecular weight is 408 g/mol. The Kier molecular flexibility index (Phi) is 4.69. The molecular weight excluding hydrogens is 390 g/mol. The predicted octanol–water partition coefficient (Wildman–Crippen LogP) is 4.49. The van der Waals surface area contributed by atoms with E-state index in [2.05, 4.69) is 15.9 Å². The second-order valence-corrected chi connectivity index (χ2v) is 7.66. The van der Waals surface area contributed by atoms with Gasteiger partial charge in [0.05, 0.1) is 12.2 Å². The lowest BCUT2D eigenvalue weighted by Crippen LogP contribution is -2.40. The number of hydrogen-bond donors (Lipinski definition) is 0. The molecule has 0 unspecified atom stereocenters. The second-order valence-electron chi connectivity index (χ2n) is 6.74. The van der Waals surface area contributed by atoms with Gasteiger partial charge < -0.3 is 9.15 Å². The molecule has 6 nitrogen and oxygen atoms in total. The fourth-order valence-electron chi connectivity index (χ4n) is 2.83. The minimum absolute atomic E-state index is 0.00761. The van der Waals surface area contributed by atoms with Crippen molar-refractivity contribution in [3.05, 3.63) is 68.6 Å². The number of nitrogens with zero attached hydrogens (tertiary/aromatic N) is 1. The Balaban J connectivity index is 1.79. The van der Waals surface area contributed by atoms with Crippen molar-refractivity contribution in [3.8, 4) is 0 Å². The molecule has 1 heterocycles. The van der Waals surface area contributed by atoms with Crippen LogP contribution in [-0.2, 0) is 9.53 Å². The van der Waals surface area contributed by atoms with Crippen LogP contribution in [-0.4, -0.2) is 16.4 Å². The maximum absolute atomic E-state index is 12.5. The largest absolute Gasteiger partial charge is 0.469 e. The third-order valence-corrected chi connectivity index (χ3v) is 5.05. The lowest BCUT2D eigenvalue weighted by Gasteiger charge is -2.27. The molecule has 1 aromatic carbocycles. The fourth-order valence-corrected chi connectivity index (χ4v) is 3.09. The van der Waals surface area contributed by atoms with Gasteiger partial charge in [-0.2, -0.15) is 0 Å². The van der Waals surface area contributed by atoms with Gasteiger partial charge in [0, 0.05) is 29.2 Å². The predicted molar refractivity (Wildman–Crippen MR) is 93.6 cm³/mol. The fraction of sp³-hybridized carbons (Fsp3) is 0.389. The van der Waals surface area contributed by atoms with E-state index in [1.807, 2.05) is 6.07 Å². The van der Waals surface area contributed by atoms with E-state index in [9.17, 15) is 14.9 Å². The number of benzene rings is 1. The van der Waals surface area contributed by atoms with Gasteiger partial charge >= 0.3 is 5.97 Å². The molecule has 0 N–H and O–H groups in total. The summed E-state index contributed by atoms with van der Waals surface area (Å²) in [6.07, 6.45) is 1.23. The van der Waals surface area contributed by atoms with Crippen molar-refractivity contribution in [1.29, 1.82) is 0 Å². The Hall–Kier alpha value is -2.15. The molecule has 3 rings (SSSR count). The topological polar surface area (TPSA) is 82.6 Å². The lowest BCUT2D eigenvalue weighted by atomic mass is 9.91. The molecule has 1 aromatic heterocycles. The molecular formula is C18H18BrNO5. The van der Waals surface area contributed by atoms with E-state index < -0.39 is 22.5 Å². The quantitative estimate of drug-likeness (QED) is 0.400. The minimum atomic E-state index is -1.45. The molecule has 25 heavy (non-hydrogen) atoms. The number of esters is 1. The number of carbonyl (C=O) groups excluding carboxylic acids is 1. The molecule has 132 valence electrons. The lowest BCUT2D eigenvalue weighted by molar-refractivity contribution is -0.574. The summed E-state index contributed by atoms with van der Waals surface area (Å²) >= 11 is 3.34. The summed E-state index contributed by atoms with van der Waals surface area (Å²) in [6, 6.07) is 10.6. The van der Waals surface area contributed by atoms with E-state index in [4.69, 9.17) is 9.15 Å². The first-order chi connectivity index (χ1) is 11.8.